The van der Waals surface area contributed by atoms with E-state index in [1.807, 2.05) is 38.1 Å². The Morgan fingerprint density at radius 2 is 1.67 bits per heavy atom. The van der Waals surface area contributed by atoms with Crippen LogP contribution in [0.1, 0.15) is 30.5 Å². The summed E-state index contributed by atoms with van der Waals surface area (Å²) >= 11 is 3.45. The molecule has 10 heteroatoms. The van der Waals surface area contributed by atoms with Crippen molar-refractivity contribution in [3.05, 3.63) is 87.9 Å². The molecule has 3 rings (SSSR count). The van der Waals surface area contributed by atoms with E-state index in [9.17, 15) is 18.0 Å². The van der Waals surface area contributed by atoms with Crippen molar-refractivity contribution >= 4 is 43.5 Å². The van der Waals surface area contributed by atoms with Crippen LogP contribution in [-0.2, 0) is 26.2 Å². The van der Waals surface area contributed by atoms with Gasteiger partial charge in [0.25, 0.3) is 10.0 Å². The number of anilines is 1. The van der Waals surface area contributed by atoms with Gasteiger partial charge in [-0.05, 0) is 75.2 Å². The first kappa shape index (κ1) is 30.2. The molecule has 0 saturated carbocycles. The Labute approximate surface area is 239 Å². The fraction of sp³-hybridized carbons (Fsp3) is 0.310. The number of halogens is 1. The van der Waals surface area contributed by atoms with Gasteiger partial charge in [-0.25, -0.2) is 8.42 Å². The molecule has 0 aromatic heterocycles. The molecule has 1 atom stereocenters. The summed E-state index contributed by atoms with van der Waals surface area (Å²) in [6.45, 7) is 7.10. The van der Waals surface area contributed by atoms with Crippen LogP contribution in [0, 0.1) is 13.8 Å². The van der Waals surface area contributed by atoms with Gasteiger partial charge in [-0.2, -0.15) is 0 Å². The van der Waals surface area contributed by atoms with E-state index in [0.29, 0.717) is 12.3 Å². The summed E-state index contributed by atoms with van der Waals surface area (Å²) in [4.78, 5) is 28.2. The van der Waals surface area contributed by atoms with Crippen molar-refractivity contribution in [2.75, 3.05) is 24.5 Å². The molecule has 2 amide bonds. The average molecular weight is 617 g/mol. The summed E-state index contributed by atoms with van der Waals surface area (Å²) in [5.41, 5.74) is 2.72. The van der Waals surface area contributed by atoms with E-state index in [1.165, 1.54) is 24.1 Å². The van der Waals surface area contributed by atoms with E-state index in [0.717, 1.165) is 25.5 Å². The van der Waals surface area contributed by atoms with E-state index in [4.69, 9.17) is 4.74 Å². The summed E-state index contributed by atoms with van der Waals surface area (Å²) in [5.74, 6) is -0.561. The van der Waals surface area contributed by atoms with Crippen LogP contribution in [-0.4, -0.2) is 51.4 Å². The molecule has 208 valence electrons. The normalized spacial score (nSPS) is 11.9. The van der Waals surface area contributed by atoms with E-state index >= 15 is 0 Å². The molecule has 3 aromatic rings. The van der Waals surface area contributed by atoms with E-state index in [-0.39, 0.29) is 23.0 Å². The third-order valence-corrected chi connectivity index (χ3v) is 8.52. The third kappa shape index (κ3) is 7.39. The summed E-state index contributed by atoms with van der Waals surface area (Å²) in [5, 5.41) is 2.76. The number of nitrogens with one attached hydrogen (secondary N) is 1. The molecule has 39 heavy (non-hydrogen) atoms. The van der Waals surface area contributed by atoms with Crippen molar-refractivity contribution < 1.29 is 22.7 Å². The highest BCUT2D eigenvalue weighted by Gasteiger charge is 2.33. The molecule has 1 N–H and O–H groups in total. The smallest absolute Gasteiger partial charge is 0.264 e. The number of ether oxygens (including phenoxy) is 1. The molecule has 0 aliphatic heterocycles. The zero-order valence-corrected chi connectivity index (χ0v) is 25.2. The average Bonchev–Trinajstić information content (AvgIpc) is 2.90. The minimum absolute atomic E-state index is 0.0415. The molecule has 0 unspecified atom stereocenters. The number of hydrogen-bond acceptors (Lipinski definition) is 5. The van der Waals surface area contributed by atoms with Gasteiger partial charge in [-0.1, -0.05) is 51.8 Å². The highest BCUT2D eigenvalue weighted by molar-refractivity contribution is 9.10. The molecule has 0 spiro atoms. The lowest BCUT2D eigenvalue weighted by Gasteiger charge is -2.32. The number of methoxy groups -OCH3 is 1. The Balaban J connectivity index is 2.10. The van der Waals surface area contributed by atoms with E-state index in [1.54, 1.807) is 44.2 Å². The predicted octanol–water partition coefficient (Wildman–Crippen LogP) is 4.82. The minimum Gasteiger partial charge on any atom is -0.495 e. The molecule has 0 bridgehead atoms. The first-order chi connectivity index (χ1) is 18.5. The maximum absolute atomic E-state index is 14.0. The number of likely N-dealkylation sites (N-methyl/N-ethyl adjacent to an activating group) is 1. The van der Waals surface area contributed by atoms with Crippen molar-refractivity contribution in [2.45, 2.75) is 45.2 Å². The predicted molar refractivity (Wildman–Crippen MR) is 156 cm³/mol. The van der Waals surface area contributed by atoms with Crippen LogP contribution in [0.4, 0.5) is 5.69 Å². The molecule has 3 aromatic carbocycles. The molecule has 0 saturated heterocycles. The largest absolute Gasteiger partial charge is 0.495 e. The quantitative estimate of drug-likeness (QED) is 0.333. The van der Waals surface area contributed by atoms with Crippen LogP contribution in [0.15, 0.2) is 76.1 Å². The number of rotatable bonds is 11. The second-order valence-corrected chi connectivity index (χ2v) is 12.0. The lowest BCUT2D eigenvalue weighted by atomic mass is 10.1. The number of nitrogens with zero attached hydrogens (tertiary/aromatic N) is 2. The van der Waals surface area contributed by atoms with Gasteiger partial charge in [0.2, 0.25) is 11.8 Å². The van der Waals surface area contributed by atoms with Gasteiger partial charge in [0.15, 0.2) is 0 Å². The number of hydrogen-bond donors (Lipinski definition) is 1. The molecular formula is C29H34BrN3O5S. The number of benzene rings is 3. The topological polar surface area (TPSA) is 96.0 Å². The zero-order valence-electron chi connectivity index (χ0n) is 22.8. The van der Waals surface area contributed by atoms with Crippen LogP contribution in [0.5, 0.6) is 5.75 Å². The Morgan fingerprint density at radius 3 is 2.28 bits per heavy atom. The van der Waals surface area contributed by atoms with Crippen molar-refractivity contribution in [3.8, 4) is 5.75 Å². The number of amides is 2. The SMILES string of the molecule is CCNC(=O)[C@H](C)N(Cc1cccc(Br)c1)C(=O)CN(c1cc(C)ccc1OC)S(=O)(=O)c1ccc(C)cc1. The minimum atomic E-state index is -4.19. The lowest BCUT2D eigenvalue weighted by Crippen LogP contribution is -2.51. The standard InChI is InChI=1S/C29H34BrN3O5S/c1-6-31-29(35)22(4)32(18-23-8-7-9-24(30)17-23)28(34)19-33(26-16-21(3)12-15-27(26)38-5)39(36,37)25-13-10-20(2)11-14-25/h7-17,22H,6,18-19H2,1-5H3,(H,31,35)/t22-/m0/s1. The number of sulfonamides is 1. The Morgan fingerprint density at radius 1 is 1.00 bits per heavy atom. The second-order valence-electron chi connectivity index (χ2n) is 9.22. The van der Waals surface area contributed by atoms with Crippen LogP contribution in [0.25, 0.3) is 0 Å². The van der Waals surface area contributed by atoms with Gasteiger partial charge in [0.1, 0.15) is 18.3 Å². The van der Waals surface area contributed by atoms with Crippen molar-refractivity contribution in [2.24, 2.45) is 0 Å². The summed E-state index contributed by atoms with van der Waals surface area (Å²) in [7, 11) is -2.74. The fourth-order valence-electron chi connectivity index (χ4n) is 4.08. The highest BCUT2D eigenvalue weighted by Crippen LogP contribution is 2.34. The van der Waals surface area contributed by atoms with Gasteiger partial charge in [0, 0.05) is 17.6 Å². The van der Waals surface area contributed by atoms with Crippen molar-refractivity contribution in [1.29, 1.82) is 0 Å². The maximum Gasteiger partial charge on any atom is 0.264 e. The molecule has 0 aliphatic carbocycles. The number of carbonyl (C=O) groups is 2. The van der Waals surface area contributed by atoms with E-state index in [2.05, 4.69) is 21.2 Å². The molecular weight excluding hydrogens is 582 g/mol. The van der Waals surface area contributed by atoms with Gasteiger partial charge >= 0.3 is 0 Å². The summed E-state index contributed by atoms with van der Waals surface area (Å²) in [6, 6.07) is 18.1. The van der Waals surface area contributed by atoms with Gasteiger partial charge in [-0.3, -0.25) is 13.9 Å². The second kappa shape index (κ2) is 13.1. The van der Waals surface area contributed by atoms with Crippen LogP contribution >= 0.6 is 15.9 Å². The van der Waals surface area contributed by atoms with Gasteiger partial charge in [0.05, 0.1) is 17.7 Å². The van der Waals surface area contributed by atoms with Gasteiger partial charge in [-0.15, -0.1) is 0 Å². The summed E-state index contributed by atoms with van der Waals surface area (Å²) < 4.78 is 35.4. The molecule has 0 aliphatic rings. The number of carbonyl (C=O) groups excluding carboxylic acids is 2. The Hall–Kier alpha value is -3.37. The fourth-order valence-corrected chi connectivity index (χ4v) is 5.95. The van der Waals surface area contributed by atoms with Crippen molar-refractivity contribution in [1.82, 2.24) is 10.2 Å². The summed E-state index contributed by atoms with van der Waals surface area (Å²) in [6.07, 6.45) is 0. The third-order valence-electron chi connectivity index (χ3n) is 6.25. The first-order valence-corrected chi connectivity index (χ1v) is 14.8. The lowest BCUT2D eigenvalue weighted by molar-refractivity contribution is -0.139. The monoisotopic (exact) mass is 615 g/mol. The molecule has 8 nitrogen and oxygen atoms in total. The van der Waals surface area contributed by atoms with E-state index < -0.39 is 28.5 Å². The van der Waals surface area contributed by atoms with Crippen LogP contribution in [0.3, 0.4) is 0 Å². The molecule has 0 fully saturated rings. The molecule has 0 heterocycles. The highest BCUT2D eigenvalue weighted by atomic mass is 79.9. The zero-order chi connectivity index (χ0) is 28.7. The van der Waals surface area contributed by atoms with Crippen LogP contribution in [0.2, 0.25) is 0 Å². The van der Waals surface area contributed by atoms with Gasteiger partial charge < -0.3 is 15.0 Å². The van der Waals surface area contributed by atoms with Crippen LogP contribution < -0.4 is 14.4 Å². The Bertz CT molecular complexity index is 1430. The van der Waals surface area contributed by atoms with Crippen molar-refractivity contribution in [3.63, 3.8) is 0 Å². The maximum atomic E-state index is 14.0. The number of aryl methyl sites for hydroxylation is 2. The molecule has 0 radical (unpaired) electrons. The first-order valence-electron chi connectivity index (χ1n) is 12.5. The Kier molecular flexibility index (Phi) is 10.2.